The molecule has 1 atom stereocenters. The Bertz CT molecular complexity index is 487. The van der Waals surface area contributed by atoms with Crippen LogP contribution in [0.1, 0.15) is 28.8 Å². The van der Waals surface area contributed by atoms with Gasteiger partial charge in [0.2, 0.25) is 0 Å². The number of hydrogen-bond acceptors (Lipinski definition) is 3. The number of nitrogens with zero attached hydrogens (tertiary/aromatic N) is 1. The molecule has 110 valence electrons. The summed E-state index contributed by atoms with van der Waals surface area (Å²) in [4.78, 5) is 14.5. The van der Waals surface area contributed by atoms with Crippen LogP contribution in [-0.2, 0) is 11.2 Å². The van der Waals surface area contributed by atoms with Crippen LogP contribution in [0.15, 0.2) is 18.2 Å². The van der Waals surface area contributed by atoms with E-state index in [1.807, 2.05) is 24.1 Å². The average molecular weight is 297 g/mol. The lowest BCUT2D eigenvalue weighted by Crippen LogP contribution is -2.38. The lowest BCUT2D eigenvalue weighted by Gasteiger charge is -2.26. The van der Waals surface area contributed by atoms with Gasteiger partial charge in [-0.25, -0.2) is 0 Å². The number of anilines is 1. The van der Waals surface area contributed by atoms with Crippen molar-refractivity contribution in [1.82, 2.24) is 4.90 Å². The largest absolute Gasteiger partial charge is 0.385 e. The molecule has 1 N–H and O–H groups in total. The highest BCUT2D eigenvalue weighted by Gasteiger charge is 2.27. The first-order chi connectivity index (χ1) is 9.27. The van der Waals surface area contributed by atoms with Gasteiger partial charge in [-0.1, -0.05) is 6.07 Å². The molecule has 1 saturated heterocycles. The molecular weight excluding hydrogens is 276 g/mol. The molecule has 2 heterocycles. The van der Waals surface area contributed by atoms with Crippen molar-refractivity contribution in [2.75, 3.05) is 32.1 Å². The van der Waals surface area contributed by atoms with Crippen molar-refractivity contribution < 1.29 is 9.53 Å². The van der Waals surface area contributed by atoms with Crippen molar-refractivity contribution in [3.8, 4) is 0 Å². The number of rotatable bonds is 2. The summed E-state index contributed by atoms with van der Waals surface area (Å²) in [6.07, 6.45) is 3.02. The minimum atomic E-state index is 0. The summed E-state index contributed by atoms with van der Waals surface area (Å²) in [5, 5.41) is 3.37. The lowest BCUT2D eigenvalue weighted by atomic mass is 9.96. The second-order valence-electron chi connectivity index (χ2n) is 5.30. The number of halogens is 1. The molecule has 0 radical (unpaired) electrons. The molecule has 0 bridgehead atoms. The van der Waals surface area contributed by atoms with Crippen molar-refractivity contribution in [3.63, 3.8) is 0 Å². The zero-order chi connectivity index (χ0) is 13.2. The van der Waals surface area contributed by atoms with Gasteiger partial charge >= 0.3 is 0 Å². The van der Waals surface area contributed by atoms with Gasteiger partial charge in [0.05, 0.1) is 12.6 Å². The quantitative estimate of drug-likeness (QED) is 0.911. The maximum atomic E-state index is 12.6. The van der Waals surface area contributed by atoms with E-state index in [0.29, 0.717) is 6.61 Å². The molecule has 1 unspecified atom stereocenters. The molecule has 3 rings (SSSR count). The summed E-state index contributed by atoms with van der Waals surface area (Å²) >= 11 is 0. The Morgan fingerprint density at radius 2 is 2.30 bits per heavy atom. The third-order valence-electron chi connectivity index (χ3n) is 4.10. The van der Waals surface area contributed by atoms with Gasteiger partial charge in [0.25, 0.3) is 5.91 Å². The highest BCUT2D eigenvalue weighted by atomic mass is 35.5. The topological polar surface area (TPSA) is 41.6 Å². The van der Waals surface area contributed by atoms with E-state index in [9.17, 15) is 4.79 Å². The monoisotopic (exact) mass is 296 g/mol. The first-order valence-corrected chi connectivity index (χ1v) is 6.98. The van der Waals surface area contributed by atoms with Crippen LogP contribution in [0.25, 0.3) is 0 Å². The summed E-state index contributed by atoms with van der Waals surface area (Å²) in [5.41, 5.74) is 3.14. The molecule has 0 aromatic heterocycles. The number of nitrogens with one attached hydrogen (secondary N) is 1. The SMILES string of the molecule is CN(C(=O)c1cccc2c1CCCN2)C1CCOC1.Cl. The van der Waals surface area contributed by atoms with Crippen molar-refractivity contribution in [2.24, 2.45) is 0 Å². The van der Waals surface area contributed by atoms with Crippen LogP contribution in [0.2, 0.25) is 0 Å². The molecule has 1 amide bonds. The summed E-state index contributed by atoms with van der Waals surface area (Å²) in [7, 11) is 1.89. The molecule has 20 heavy (non-hydrogen) atoms. The van der Waals surface area contributed by atoms with Crippen molar-refractivity contribution in [1.29, 1.82) is 0 Å². The summed E-state index contributed by atoms with van der Waals surface area (Å²) in [5.74, 6) is 0.121. The fraction of sp³-hybridized carbons (Fsp3) is 0.533. The molecular formula is C15H21ClN2O2. The summed E-state index contributed by atoms with van der Waals surface area (Å²) in [6.45, 7) is 2.42. The van der Waals surface area contributed by atoms with Gasteiger partial charge in [-0.15, -0.1) is 12.4 Å². The number of carbonyl (C=O) groups excluding carboxylic acids is 1. The normalized spacial score (nSPS) is 20.6. The van der Waals surface area contributed by atoms with Gasteiger partial charge in [-0.3, -0.25) is 4.79 Å². The third-order valence-corrected chi connectivity index (χ3v) is 4.10. The number of fused-ring (bicyclic) bond motifs is 1. The van der Waals surface area contributed by atoms with Gasteiger partial charge in [0.1, 0.15) is 0 Å². The highest BCUT2D eigenvalue weighted by molar-refractivity contribution is 5.97. The number of benzene rings is 1. The summed E-state index contributed by atoms with van der Waals surface area (Å²) < 4.78 is 5.37. The zero-order valence-corrected chi connectivity index (χ0v) is 12.5. The van der Waals surface area contributed by atoms with E-state index < -0.39 is 0 Å². The zero-order valence-electron chi connectivity index (χ0n) is 11.7. The number of likely N-dealkylation sites (N-methyl/N-ethyl adjacent to an activating group) is 1. The van der Waals surface area contributed by atoms with E-state index in [2.05, 4.69) is 11.4 Å². The van der Waals surface area contributed by atoms with Crippen LogP contribution in [0, 0.1) is 0 Å². The first-order valence-electron chi connectivity index (χ1n) is 6.98. The Morgan fingerprint density at radius 3 is 3.05 bits per heavy atom. The Hall–Kier alpha value is -1.26. The molecule has 0 aliphatic carbocycles. The molecule has 1 fully saturated rings. The molecule has 2 aliphatic rings. The van der Waals surface area contributed by atoms with Gasteiger partial charge in [-0.05, 0) is 37.0 Å². The van der Waals surface area contributed by atoms with Crippen molar-refractivity contribution in [3.05, 3.63) is 29.3 Å². The molecule has 0 saturated carbocycles. The molecule has 2 aliphatic heterocycles. The van der Waals surface area contributed by atoms with E-state index in [1.54, 1.807) is 0 Å². The fourth-order valence-corrected chi connectivity index (χ4v) is 2.89. The predicted octanol–water partition coefficient (Wildman–Crippen LogP) is 2.33. The van der Waals surface area contributed by atoms with E-state index in [0.717, 1.165) is 43.7 Å². The Balaban J connectivity index is 0.00000147. The van der Waals surface area contributed by atoms with Crippen LogP contribution in [0.3, 0.4) is 0 Å². The first kappa shape index (κ1) is 15.1. The maximum absolute atomic E-state index is 12.6. The van der Waals surface area contributed by atoms with E-state index in [-0.39, 0.29) is 24.4 Å². The molecule has 1 aromatic carbocycles. The average Bonchev–Trinajstić information content (AvgIpc) is 2.99. The molecule has 4 nitrogen and oxygen atoms in total. The number of hydrogen-bond donors (Lipinski definition) is 1. The van der Waals surface area contributed by atoms with Crippen molar-refractivity contribution in [2.45, 2.75) is 25.3 Å². The van der Waals surface area contributed by atoms with Crippen molar-refractivity contribution >= 4 is 24.0 Å². The predicted molar refractivity (Wildman–Crippen MR) is 81.8 cm³/mol. The van der Waals surface area contributed by atoms with Crippen LogP contribution < -0.4 is 5.32 Å². The smallest absolute Gasteiger partial charge is 0.254 e. The minimum absolute atomic E-state index is 0. The van der Waals surface area contributed by atoms with Crippen LogP contribution >= 0.6 is 12.4 Å². The second kappa shape index (κ2) is 6.46. The minimum Gasteiger partial charge on any atom is -0.385 e. The van der Waals surface area contributed by atoms with Gasteiger partial charge in [-0.2, -0.15) is 0 Å². The van der Waals surface area contributed by atoms with Crippen LogP contribution in [0.5, 0.6) is 0 Å². The Morgan fingerprint density at radius 1 is 1.45 bits per heavy atom. The van der Waals surface area contributed by atoms with E-state index in [1.165, 1.54) is 5.56 Å². The Labute approximate surface area is 125 Å². The molecule has 5 heteroatoms. The van der Waals surface area contributed by atoms with Crippen LogP contribution in [0.4, 0.5) is 5.69 Å². The third kappa shape index (κ3) is 2.76. The second-order valence-corrected chi connectivity index (χ2v) is 5.30. The molecule has 1 aromatic rings. The number of amides is 1. The van der Waals surface area contributed by atoms with E-state index in [4.69, 9.17) is 4.74 Å². The highest BCUT2D eigenvalue weighted by Crippen LogP contribution is 2.27. The van der Waals surface area contributed by atoms with E-state index >= 15 is 0 Å². The maximum Gasteiger partial charge on any atom is 0.254 e. The molecule has 0 spiro atoms. The fourth-order valence-electron chi connectivity index (χ4n) is 2.89. The Kier molecular flexibility index (Phi) is 4.89. The van der Waals surface area contributed by atoms with Crippen LogP contribution in [-0.4, -0.2) is 43.7 Å². The number of ether oxygens (including phenoxy) is 1. The summed E-state index contributed by atoms with van der Waals surface area (Å²) in [6, 6.07) is 6.19. The standard InChI is InChI=1S/C15H20N2O2.ClH/c1-17(11-7-9-19-10-11)15(18)13-4-2-6-14-12(13)5-3-8-16-14;/h2,4,6,11,16H,3,5,7-10H2,1H3;1H. The lowest BCUT2D eigenvalue weighted by molar-refractivity contribution is 0.0710. The van der Waals surface area contributed by atoms with Gasteiger partial charge in [0, 0.05) is 31.5 Å². The number of carbonyl (C=O) groups is 1. The van der Waals surface area contributed by atoms with Gasteiger partial charge in [0.15, 0.2) is 0 Å². The van der Waals surface area contributed by atoms with Gasteiger partial charge < -0.3 is 15.0 Å².